The highest BCUT2D eigenvalue weighted by Gasteiger charge is 2.07. The number of fused-ring (bicyclic) bond motifs is 1. The molecule has 154 valence electrons. The number of guanidine groups is 1. The van der Waals surface area contributed by atoms with Gasteiger partial charge in [-0.05, 0) is 49.6 Å². The summed E-state index contributed by atoms with van der Waals surface area (Å²) in [5.74, 6) is 1.57. The zero-order valence-electron chi connectivity index (χ0n) is 17.4. The van der Waals surface area contributed by atoms with Crippen molar-refractivity contribution in [3.05, 3.63) is 78.0 Å². The van der Waals surface area contributed by atoms with Crippen LogP contribution in [0.4, 0.5) is 0 Å². The zero-order chi connectivity index (χ0) is 20.8. The van der Waals surface area contributed by atoms with E-state index in [1.54, 1.807) is 6.33 Å². The third kappa shape index (κ3) is 4.51. The topological polar surface area (TPSA) is 82.9 Å². The largest absolute Gasteiger partial charge is 0.361 e. The summed E-state index contributed by atoms with van der Waals surface area (Å²) in [7, 11) is 0. The van der Waals surface area contributed by atoms with Crippen molar-refractivity contribution in [1.29, 1.82) is 0 Å². The van der Waals surface area contributed by atoms with Gasteiger partial charge in [0.05, 0.1) is 0 Å². The lowest BCUT2D eigenvalue weighted by atomic mass is 10.1. The maximum absolute atomic E-state index is 4.70. The van der Waals surface area contributed by atoms with E-state index < -0.39 is 0 Å². The Balaban J connectivity index is 1.40. The monoisotopic (exact) mass is 401 g/mol. The van der Waals surface area contributed by atoms with Crippen LogP contribution in [-0.4, -0.2) is 38.8 Å². The number of nitrogens with zero attached hydrogens (tertiary/aromatic N) is 4. The number of hydrogen-bond donors (Lipinski definition) is 3. The summed E-state index contributed by atoms with van der Waals surface area (Å²) in [6.07, 6.45) is 4.73. The highest BCUT2D eigenvalue weighted by molar-refractivity contribution is 5.84. The fourth-order valence-corrected chi connectivity index (χ4v) is 3.49. The number of benzene rings is 2. The molecule has 0 aliphatic heterocycles. The van der Waals surface area contributed by atoms with Gasteiger partial charge in [0.25, 0.3) is 0 Å². The van der Waals surface area contributed by atoms with Crippen LogP contribution in [0.25, 0.3) is 16.6 Å². The molecule has 30 heavy (non-hydrogen) atoms. The predicted octanol–water partition coefficient (Wildman–Crippen LogP) is 3.35. The van der Waals surface area contributed by atoms with E-state index >= 15 is 0 Å². The van der Waals surface area contributed by atoms with Gasteiger partial charge in [-0.1, -0.05) is 30.3 Å². The van der Waals surface area contributed by atoms with Gasteiger partial charge in [-0.3, -0.25) is 4.57 Å². The summed E-state index contributed by atoms with van der Waals surface area (Å²) in [5, 5.41) is 16.3. The molecule has 0 radical (unpaired) electrons. The Morgan fingerprint density at radius 3 is 2.83 bits per heavy atom. The second-order valence-electron chi connectivity index (χ2n) is 7.19. The van der Waals surface area contributed by atoms with E-state index in [1.807, 2.05) is 34.9 Å². The van der Waals surface area contributed by atoms with Crippen LogP contribution in [0, 0.1) is 6.92 Å². The Morgan fingerprint density at radius 2 is 2.00 bits per heavy atom. The van der Waals surface area contributed by atoms with Gasteiger partial charge in [-0.15, -0.1) is 10.2 Å². The summed E-state index contributed by atoms with van der Waals surface area (Å²) in [5.41, 5.74) is 4.78. The molecule has 0 saturated heterocycles. The fraction of sp³-hybridized carbons (Fsp3) is 0.261. The molecule has 7 nitrogen and oxygen atoms in total. The summed E-state index contributed by atoms with van der Waals surface area (Å²) in [6, 6.07) is 16.6. The predicted molar refractivity (Wildman–Crippen MR) is 121 cm³/mol. The number of hydrogen-bond acceptors (Lipinski definition) is 3. The molecule has 3 N–H and O–H groups in total. The van der Waals surface area contributed by atoms with Gasteiger partial charge in [-0.2, -0.15) is 0 Å². The Bertz CT molecular complexity index is 1120. The highest BCUT2D eigenvalue weighted by atomic mass is 15.3. The highest BCUT2D eigenvalue weighted by Crippen LogP contribution is 2.19. The van der Waals surface area contributed by atoms with Gasteiger partial charge in [0.2, 0.25) is 0 Å². The molecule has 7 heteroatoms. The van der Waals surface area contributed by atoms with Crippen LogP contribution >= 0.6 is 0 Å². The van der Waals surface area contributed by atoms with Crippen LogP contribution in [0.5, 0.6) is 0 Å². The van der Waals surface area contributed by atoms with E-state index in [0.29, 0.717) is 6.54 Å². The van der Waals surface area contributed by atoms with E-state index in [0.717, 1.165) is 37.0 Å². The van der Waals surface area contributed by atoms with Gasteiger partial charge in [0.1, 0.15) is 12.9 Å². The number of aromatic nitrogens is 4. The summed E-state index contributed by atoms with van der Waals surface area (Å²) < 4.78 is 1.96. The zero-order valence-corrected chi connectivity index (χ0v) is 17.4. The van der Waals surface area contributed by atoms with E-state index in [4.69, 9.17) is 4.99 Å². The Labute approximate surface area is 176 Å². The third-order valence-corrected chi connectivity index (χ3v) is 4.99. The van der Waals surface area contributed by atoms with E-state index in [9.17, 15) is 0 Å². The number of rotatable bonds is 7. The average Bonchev–Trinajstić information content (AvgIpc) is 3.39. The van der Waals surface area contributed by atoms with Crippen molar-refractivity contribution in [3.63, 3.8) is 0 Å². The molecular formula is C23H27N7. The molecule has 0 atom stereocenters. The van der Waals surface area contributed by atoms with Crippen molar-refractivity contribution >= 4 is 16.9 Å². The van der Waals surface area contributed by atoms with Gasteiger partial charge >= 0.3 is 0 Å². The van der Waals surface area contributed by atoms with Crippen LogP contribution < -0.4 is 10.6 Å². The quantitative estimate of drug-likeness (QED) is 0.328. The average molecular weight is 402 g/mol. The second-order valence-corrected chi connectivity index (χ2v) is 7.19. The van der Waals surface area contributed by atoms with Crippen molar-refractivity contribution in [2.45, 2.75) is 26.8 Å². The lowest BCUT2D eigenvalue weighted by Gasteiger charge is -2.11. The van der Waals surface area contributed by atoms with Crippen molar-refractivity contribution < 1.29 is 0 Å². The minimum Gasteiger partial charge on any atom is -0.361 e. The normalized spacial score (nSPS) is 11.7. The van der Waals surface area contributed by atoms with Gasteiger partial charge in [0.15, 0.2) is 11.8 Å². The third-order valence-electron chi connectivity index (χ3n) is 4.99. The molecule has 0 bridgehead atoms. The summed E-state index contributed by atoms with van der Waals surface area (Å²) in [6.45, 7) is 6.20. The van der Waals surface area contributed by atoms with Crippen LogP contribution in [0.1, 0.15) is 23.9 Å². The maximum atomic E-state index is 4.70. The van der Waals surface area contributed by atoms with Crippen LogP contribution in [-0.2, 0) is 13.0 Å². The Hall–Kier alpha value is -3.61. The van der Waals surface area contributed by atoms with Crippen molar-refractivity contribution in [1.82, 2.24) is 30.4 Å². The first kappa shape index (κ1) is 19.7. The van der Waals surface area contributed by atoms with E-state index in [2.05, 4.69) is 64.1 Å². The van der Waals surface area contributed by atoms with E-state index in [1.165, 1.54) is 22.0 Å². The second kappa shape index (κ2) is 9.26. The molecule has 2 aromatic heterocycles. The number of nitrogens with one attached hydrogen (secondary N) is 3. The van der Waals surface area contributed by atoms with Crippen LogP contribution in [0.15, 0.2) is 66.0 Å². The fourth-order valence-electron chi connectivity index (χ4n) is 3.49. The van der Waals surface area contributed by atoms with Crippen molar-refractivity contribution in [3.8, 4) is 5.69 Å². The van der Waals surface area contributed by atoms with Crippen molar-refractivity contribution in [2.24, 2.45) is 4.99 Å². The molecule has 0 aliphatic rings. The summed E-state index contributed by atoms with van der Waals surface area (Å²) >= 11 is 0. The number of aliphatic imine (C=N–C) groups is 1. The SMILES string of the molecule is CCNC(=NCc1nncn1-c1ccccc1)NCCc1c[nH]c2cc(C)ccc12. The molecule has 0 saturated carbocycles. The summed E-state index contributed by atoms with van der Waals surface area (Å²) in [4.78, 5) is 8.06. The molecule has 2 aromatic carbocycles. The standard InChI is InChI=1S/C23H27N7/c1-3-24-23(25-12-11-18-14-26-21-13-17(2)9-10-20(18)21)27-15-22-29-28-16-30(22)19-7-5-4-6-8-19/h4-10,13-14,16,26H,3,11-12,15H2,1-2H3,(H2,24,25,27). The molecule has 0 spiro atoms. The maximum Gasteiger partial charge on any atom is 0.191 e. The molecule has 0 fully saturated rings. The lowest BCUT2D eigenvalue weighted by molar-refractivity contribution is 0.785. The van der Waals surface area contributed by atoms with Gasteiger partial charge in [0, 0.05) is 35.9 Å². The number of H-pyrrole nitrogens is 1. The van der Waals surface area contributed by atoms with Gasteiger partial charge in [-0.25, -0.2) is 4.99 Å². The molecule has 0 unspecified atom stereocenters. The molecule has 4 rings (SSSR count). The molecule has 0 amide bonds. The first-order chi connectivity index (χ1) is 14.7. The molecule has 2 heterocycles. The first-order valence-corrected chi connectivity index (χ1v) is 10.3. The molecule has 0 aliphatic carbocycles. The Morgan fingerprint density at radius 1 is 1.13 bits per heavy atom. The minimum absolute atomic E-state index is 0.441. The van der Waals surface area contributed by atoms with E-state index in [-0.39, 0.29) is 0 Å². The lowest BCUT2D eigenvalue weighted by Crippen LogP contribution is -2.38. The molecular weight excluding hydrogens is 374 g/mol. The molecule has 4 aromatic rings. The minimum atomic E-state index is 0.441. The van der Waals surface area contributed by atoms with Crippen molar-refractivity contribution in [2.75, 3.05) is 13.1 Å². The Kier molecular flexibility index (Phi) is 6.08. The number of aryl methyl sites for hydroxylation is 1. The smallest absolute Gasteiger partial charge is 0.191 e. The first-order valence-electron chi connectivity index (χ1n) is 10.3. The van der Waals surface area contributed by atoms with Crippen LogP contribution in [0.3, 0.4) is 0 Å². The number of aromatic amines is 1. The van der Waals surface area contributed by atoms with Crippen LogP contribution in [0.2, 0.25) is 0 Å². The number of para-hydroxylation sites is 1. The van der Waals surface area contributed by atoms with Gasteiger partial charge < -0.3 is 15.6 Å².